The van der Waals surface area contributed by atoms with Crippen molar-refractivity contribution in [1.82, 2.24) is 14.8 Å². The lowest BCUT2D eigenvalue weighted by Gasteiger charge is -2.49. The van der Waals surface area contributed by atoms with E-state index in [0.717, 1.165) is 13.0 Å². The predicted octanol–water partition coefficient (Wildman–Crippen LogP) is 0.0127. The van der Waals surface area contributed by atoms with E-state index in [1.54, 1.807) is 11.3 Å². The van der Waals surface area contributed by atoms with Gasteiger partial charge in [0, 0.05) is 62.3 Å². The minimum Gasteiger partial charge on any atom is -0.326 e. The maximum absolute atomic E-state index is 6.34. The predicted molar refractivity (Wildman–Crippen MR) is 65.6 cm³/mol. The molecule has 2 N–H and O–H groups in total. The number of nitrogens with two attached hydrogens (primary N) is 1. The smallest absolute Gasteiger partial charge is 0.0794 e. The van der Waals surface area contributed by atoms with Crippen molar-refractivity contribution in [3.05, 3.63) is 16.6 Å². The van der Waals surface area contributed by atoms with Crippen molar-refractivity contribution in [1.29, 1.82) is 0 Å². The minimum absolute atomic E-state index is 0.253. The topological polar surface area (TPSA) is 45.4 Å². The Balaban J connectivity index is 1.64. The molecule has 3 aliphatic rings. The standard InChI is InChI=1S/C11H18N4S/c12-10(5-9-6-13-8-16-9)11-7-14-1-3-15(11)4-2-14/h6,8,10-11H,1-5,7,12H2. The van der Waals surface area contributed by atoms with E-state index in [1.165, 1.54) is 31.1 Å². The van der Waals surface area contributed by atoms with Crippen LogP contribution in [-0.2, 0) is 6.42 Å². The van der Waals surface area contributed by atoms with Crippen LogP contribution < -0.4 is 5.73 Å². The van der Waals surface area contributed by atoms with Crippen LogP contribution in [0.15, 0.2) is 11.7 Å². The lowest BCUT2D eigenvalue weighted by molar-refractivity contribution is 0.00268. The molecule has 4 nitrogen and oxygen atoms in total. The molecule has 0 radical (unpaired) electrons. The van der Waals surface area contributed by atoms with Crippen LogP contribution in [0.5, 0.6) is 0 Å². The van der Waals surface area contributed by atoms with Crippen molar-refractivity contribution in [3.8, 4) is 0 Å². The first-order valence-corrected chi connectivity index (χ1v) is 6.80. The third-order valence-corrected chi connectivity index (χ3v) is 4.54. The Morgan fingerprint density at radius 1 is 1.44 bits per heavy atom. The second-order valence-corrected chi connectivity index (χ2v) is 5.71. The highest BCUT2D eigenvalue weighted by Gasteiger charge is 2.35. The van der Waals surface area contributed by atoms with Crippen LogP contribution in [0.25, 0.3) is 0 Å². The zero-order valence-corrected chi connectivity index (χ0v) is 10.2. The highest BCUT2D eigenvalue weighted by atomic mass is 32.1. The maximum atomic E-state index is 6.34. The third kappa shape index (κ3) is 2.00. The van der Waals surface area contributed by atoms with Gasteiger partial charge in [-0.3, -0.25) is 14.8 Å². The molecule has 16 heavy (non-hydrogen) atoms. The van der Waals surface area contributed by atoms with E-state index in [4.69, 9.17) is 5.73 Å². The number of thiazole rings is 1. The molecule has 2 bridgehead atoms. The van der Waals surface area contributed by atoms with E-state index < -0.39 is 0 Å². The summed E-state index contributed by atoms with van der Waals surface area (Å²) >= 11 is 1.71. The normalized spacial score (nSPS) is 35.2. The fourth-order valence-corrected chi connectivity index (χ4v) is 3.44. The molecule has 2 unspecified atom stereocenters. The van der Waals surface area contributed by atoms with Crippen LogP contribution >= 0.6 is 11.3 Å². The molecule has 2 atom stereocenters. The summed E-state index contributed by atoms with van der Waals surface area (Å²) in [6.45, 7) is 6.00. The second kappa shape index (κ2) is 4.41. The van der Waals surface area contributed by atoms with Gasteiger partial charge in [0.15, 0.2) is 0 Å². The van der Waals surface area contributed by atoms with E-state index in [9.17, 15) is 0 Å². The van der Waals surface area contributed by atoms with Gasteiger partial charge in [-0.25, -0.2) is 0 Å². The molecule has 0 aliphatic carbocycles. The average molecular weight is 238 g/mol. The number of aromatic nitrogens is 1. The first kappa shape index (κ1) is 10.7. The Morgan fingerprint density at radius 3 is 2.81 bits per heavy atom. The summed E-state index contributed by atoms with van der Waals surface area (Å²) in [6.07, 6.45) is 2.92. The molecule has 0 saturated carbocycles. The molecule has 0 aromatic carbocycles. The summed E-state index contributed by atoms with van der Waals surface area (Å²) in [5, 5.41) is 0. The fourth-order valence-electron chi connectivity index (χ4n) is 2.78. The molecule has 3 fully saturated rings. The number of piperazine rings is 3. The van der Waals surface area contributed by atoms with Crippen molar-refractivity contribution in [2.75, 3.05) is 32.7 Å². The molecule has 1 aromatic heterocycles. The van der Waals surface area contributed by atoms with Crippen LogP contribution in [0, 0.1) is 0 Å². The highest BCUT2D eigenvalue weighted by molar-refractivity contribution is 7.09. The summed E-state index contributed by atoms with van der Waals surface area (Å²) in [5.74, 6) is 0. The summed E-state index contributed by atoms with van der Waals surface area (Å²) in [7, 11) is 0. The van der Waals surface area contributed by atoms with E-state index in [-0.39, 0.29) is 6.04 Å². The molecule has 3 aliphatic heterocycles. The molecule has 88 valence electrons. The monoisotopic (exact) mass is 238 g/mol. The van der Waals surface area contributed by atoms with E-state index >= 15 is 0 Å². The number of nitrogens with zero attached hydrogens (tertiary/aromatic N) is 3. The highest BCUT2D eigenvalue weighted by Crippen LogP contribution is 2.20. The quantitative estimate of drug-likeness (QED) is 0.806. The van der Waals surface area contributed by atoms with Crippen molar-refractivity contribution in [2.24, 2.45) is 5.73 Å². The molecule has 4 rings (SSSR count). The lowest BCUT2D eigenvalue weighted by atomic mass is 9.98. The van der Waals surface area contributed by atoms with Crippen LogP contribution in [-0.4, -0.2) is 59.6 Å². The summed E-state index contributed by atoms with van der Waals surface area (Å²) in [5.41, 5.74) is 8.22. The summed E-state index contributed by atoms with van der Waals surface area (Å²) in [4.78, 5) is 10.5. The Bertz CT molecular complexity index is 332. The number of rotatable bonds is 3. The minimum atomic E-state index is 0.253. The largest absolute Gasteiger partial charge is 0.326 e. The van der Waals surface area contributed by atoms with Gasteiger partial charge >= 0.3 is 0 Å². The van der Waals surface area contributed by atoms with Gasteiger partial charge in [0.25, 0.3) is 0 Å². The van der Waals surface area contributed by atoms with E-state index in [0.29, 0.717) is 6.04 Å². The van der Waals surface area contributed by atoms with E-state index in [1.807, 2.05) is 11.7 Å². The molecule has 4 heterocycles. The van der Waals surface area contributed by atoms with Crippen molar-refractivity contribution < 1.29 is 0 Å². The van der Waals surface area contributed by atoms with Gasteiger partial charge in [0.1, 0.15) is 0 Å². The van der Waals surface area contributed by atoms with Crippen LogP contribution in [0.1, 0.15) is 4.88 Å². The molecular formula is C11H18N4S. The van der Waals surface area contributed by atoms with Gasteiger partial charge in [0.05, 0.1) is 5.51 Å². The van der Waals surface area contributed by atoms with Crippen molar-refractivity contribution in [2.45, 2.75) is 18.5 Å². The van der Waals surface area contributed by atoms with E-state index in [2.05, 4.69) is 14.8 Å². The number of fused-ring (bicyclic) bond motifs is 3. The first-order chi connectivity index (χ1) is 7.83. The lowest BCUT2D eigenvalue weighted by Crippen LogP contribution is -2.66. The Labute approximate surface area is 100 Å². The molecule has 0 amide bonds. The van der Waals surface area contributed by atoms with Gasteiger partial charge in [-0.2, -0.15) is 0 Å². The second-order valence-electron chi connectivity index (χ2n) is 4.74. The van der Waals surface area contributed by atoms with Gasteiger partial charge in [0.2, 0.25) is 0 Å². The molecule has 1 aromatic rings. The maximum Gasteiger partial charge on any atom is 0.0794 e. The zero-order valence-electron chi connectivity index (χ0n) is 9.38. The number of hydrogen-bond acceptors (Lipinski definition) is 5. The third-order valence-electron chi connectivity index (χ3n) is 3.74. The first-order valence-electron chi connectivity index (χ1n) is 5.92. The Hall–Kier alpha value is -0.490. The number of hydrogen-bond donors (Lipinski definition) is 1. The summed E-state index contributed by atoms with van der Waals surface area (Å²) < 4.78 is 0. The fraction of sp³-hybridized carbons (Fsp3) is 0.727. The Morgan fingerprint density at radius 2 is 2.25 bits per heavy atom. The van der Waals surface area contributed by atoms with Crippen LogP contribution in [0.4, 0.5) is 0 Å². The SMILES string of the molecule is NC(Cc1cncs1)C1CN2CCN1CC2. The average Bonchev–Trinajstić information content (AvgIpc) is 2.83. The molecule has 0 spiro atoms. The van der Waals surface area contributed by atoms with Crippen LogP contribution in [0.3, 0.4) is 0 Å². The van der Waals surface area contributed by atoms with Gasteiger partial charge < -0.3 is 5.73 Å². The van der Waals surface area contributed by atoms with Crippen molar-refractivity contribution in [3.63, 3.8) is 0 Å². The zero-order chi connectivity index (χ0) is 11.0. The van der Waals surface area contributed by atoms with Gasteiger partial charge in [-0.05, 0) is 0 Å². The van der Waals surface area contributed by atoms with Gasteiger partial charge in [-0.1, -0.05) is 0 Å². The molecular weight excluding hydrogens is 220 g/mol. The van der Waals surface area contributed by atoms with Crippen molar-refractivity contribution >= 4 is 11.3 Å². The van der Waals surface area contributed by atoms with Gasteiger partial charge in [-0.15, -0.1) is 11.3 Å². The molecule has 3 saturated heterocycles. The molecule has 5 heteroatoms. The van der Waals surface area contributed by atoms with Crippen LogP contribution in [0.2, 0.25) is 0 Å². The Kier molecular flexibility index (Phi) is 2.93. The summed E-state index contributed by atoms with van der Waals surface area (Å²) in [6, 6.07) is 0.799.